The third-order valence-corrected chi connectivity index (χ3v) is 8.67. The van der Waals surface area contributed by atoms with Crippen molar-refractivity contribution in [1.82, 2.24) is 9.80 Å². The molecule has 3 rings (SSSR count). The summed E-state index contributed by atoms with van der Waals surface area (Å²) in [5, 5.41) is 0. The maximum absolute atomic E-state index is 13.4. The summed E-state index contributed by atoms with van der Waals surface area (Å²) < 4.78 is 75.9. The van der Waals surface area contributed by atoms with Gasteiger partial charge in [-0.15, -0.1) is 0 Å². The van der Waals surface area contributed by atoms with Crippen LogP contribution in [0.3, 0.4) is 0 Å². The van der Waals surface area contributed by atoms with E-state index in [0.29, 0.717) is 12.5 Å². The second-order valence-electron chi connectivity index (χ2n) is 10.7. The van der Waals surface area contributed by atoms with Crippen LogP contribution in [0.4, 0.5) is 18.9 Å². The average molecular weight is 564 g/mol. The molecule has 1 aliphatic heterocycles. The molecule has 1 heterocycles. The number of likely N-dealkylation sites (N-methyl/N-ethyl adjacent to an activating group) is 1. The number of hydrogen-bond acceptors (Lipinski definition) is 6. The Kier molecular flexibility index (Phi) is 10.3. The molecule has 0 spiro atoms. The maximum atomic E-state index is 13.4. The standard InChI is InChI=1S/C26H40F3N3O5S/c1-18-13-32(14-20-8-6-5-7-9-20)19(2)16-37-23-11-10-21(30-38(34,35)17-26(27,28)29)12-22(23)25(33)31(3)15-24(18)36-4/h10-12,18-20,24,30H,5-9,13-17H2,1-4H3/t18-,19+,24+/m1/s1. The van der Waals surface area contributed by atoms with Crippen molar-refractivity contribution < 1.29 is 35.9 Å². The van der Waals surface area contributed by atoms with Gasteiger partial charge >= 0.3 is 6.18 Å². The fourth-order valence-corrected chi connectivity index (χ4v) is 6.29. The number of sulfonamides is 1. The Morgan fingerprint density at radius 1 is 1.13 bits per heavy atom. The van der Waals surface area contributed by atoms with E-state index in [2.05, 4.69) is 18.7 Å². The van der Waals surface area contributed by atoms with Gasteiger partial charge in [-0.1, -0.05) is 26.2 Å². The molecular formula is C26H40F3N3O5S. The normalized spacial score (nSPS) is 25.2. The molecule has 216 valence electrons. The van der Waals surface area contributed by atoms with Gasteiger partial charge in [-0.3, -0.25) is 14.4 Å². The zero-order valence-corrected chi connectivity index (χ0v) is 23.4. The predicted octanol–water partition coefficient (Wildman–Crippen LogP) is 4.38. The molecule has 1 saturated carbocycles. The maximum Gasteiger partial charge on any atom is 0.404 e. The van der Waals surface area contributed by atoms with E-state index in [9.17, 15) is 26.4 Å². The van der Waals surface area contributed by atoms with Crippen molar-refractivity contribution in [1.29, 1.82) is 0 Å². The number of anilines is 1. The highest BCUT2D eigenvalue weighted by Crippen LogP contribution is 2.29. The van der Waals surface area contributed by atoms with Gasteiger partial charge in [0.15, 0.2) is 5.75 Å². The van der Waals surface area contributed by atoms with Crippen molar-refractivity contribution in [3.05, 3.63) is 23.8 Å². The number of nitrogens with zero attached hydrogens (tertiary/aromatic N) is 2. The predicted molar refractivity (Wildman–Crippen MR) is 140 cm³/mol. The van der Waals surface area contributed by atoms with Crippen LogP contribution in [0.5, 0.6) is 5.75 Å². The van der Waals surface area contributed by atoms with Crippen LogP contribution >= 0.6 is 0 Å². The summed E-state index contributed by atoms with van der Waals surface area (Å²) in [6.45, 7) is 6.49. The van der Waals surface area contributed by atoms with Crippen LogP contribution in [0.25, 0.3) is 0 Å². The van der Waals surface area contributed by atoms with Gasteiger partial charge in [-0.2, -0.15) is 13.2 Å². The van der Waals surface area contributed by atoms with Crippen LogP contribution in [0.15, 0.2) is 18.2 Å². The Labute approximate surface area is 223 Å². The van der Waals surface area contributed by atoms with E-state index >= 15 is 0 Å². The summed E-state index contributed by atoms with van der Waals surface area (Å²) in [6, 6.07) is 3.98. The highest BCUT2D eigenvalue weighted by Gasteiger charge is 2.35. The van der Waals surface area contributed by atoms with Gasteiger partial charge in [0, 0.05) is 45.5 Å². The van der Waals surface area contributed by atoms with Crippen molar-refractivity contribution in [2.24, 2.45) is 11.8 Å². The summed E-state index contributed by atoms with van der Waals surface area (Å²) >= 11 is 0. The van der Waals surface area contributed by atoms with E-state index < -0.39 is 27.9 Å². The minimum atomic E-state index is -4.90. The van der Waals surface area contributed by atoms with E-state index in [4.69, 9.17) is 9.47 Å². The number of hydrogen-bond donors (Lipinski definition) is 1. The van der Waals surface area contributed by atoms with Crippen LogP contribution in [-0.2, 0) is 14.8 Å². The summed E-state index contributed by atoms with van der Waals surface area (Å²) in [6.07, 6.45) is 1.04. The smallest absolute Gasteiger partial charge is 0.404 e. The van der Waals surface area contributed by atoms with Crippen LogP contribution in [0.1, 0.15) is 56.3 Å². The number of amides is 1. The molecule has 0 unspecified atom stereocenters. The number of benzene rings is 1. The molecule has 1 aromatic rings. The number of rotatable bonds is 6. The molecule has 1 amide bonds. The zero-order chi connectivity index (χ0) is 28.1. The molecule has 8 nitrogen and oxygen atoms in total. The molecule has 38 heavy (non-hydrogen) atoms. The Bertz CT molecular complexity index is 1050. The Hall–Kier alpha value is -2.05. The van der Waals surface area contributed by atoms with Gasteiger partial charge in [0.05, 0.1) is 11.7 Å². The van der Waals surface area contributed by atoms with Crippen LogP contribution < -0.4 is 9.46 Å². The highest BCUT2D eigenvalue weighted by atomic mass is 32.2. The second-order valence-corrected chi connectivity index (χ2v) is 12.5. The molecule has 1 aliphatic carbocycles. The summed E-state index contributed by atoms with van der Waals surface area (Å²) in [5.41, 5.74) is -0.0807. The SMILES string of the molecule is CO[C@H]1CN(C)C(=O)c2cc(NS(=O)(=O)CC(F)(F)F)ccc2OC[C@H](C)N(CC2CCCCC2)C[C@H]1C. The van der Waals surface area contributed by atoms with E-state index in [1.807, 2.05) is 4.72 Å². The third kappa shape index (κ3) is 8.74. The molecule has 0 bridgehead atoms. The number of fused-ring (bicyclic) bond motifs is 1. The Balaban J connectivity index is 1.90. The number of carbonyl (C=O) groups excluding carboxylic acids is 1. The molecular weight excluding hydrogens is 523 g/mol. The third-order valence-electron chi connectivity index (χ3n) is 7.42. The minimum absolute atomic E-state index is 0.0296. The van der Waals surface area contributed by atoms with Crippen molar-refractivity contribution in [2.45, 2.75) is 64.3 Å². The van der Waals surface area contributed by atoms with Crippen LogP contribution in [0, 0.1) is 11.8 Å². The first-order chi connectivity index (χ1) is 17.8. The number of nitrogens with one attached hydrogen (secondary N) is 1. The number of alkyl halides is 3. The van der Waals surface area contributed by atoms with E-state index in [1.165, 1.54) is 55.2 Å². The first kappa shape index (κ1) is 30.5. The number of halogens is 3. The lowest BCUT2D eigenvalue weighted by Crippen LogP contribution is -2.48. The van der Waals surface area contributed by atoms with Crippen molar-refractivity contribution in [3.63, 3.8) is 0 Å². The Morgan fingerprint density at radius 3 is 2.45 bits per heavy atom. The zero-order valence-electron chi connectivity index (χ0n) is 22.6. The van der Waals surface area contributed by atoms with Gasteiger partial charge in [0.25, 0.3) is 5.91 Å². The van der Waals surface area contributed by atoms with Crippen LogP contribution in [-0.4, -0.2) is 88.6 Å². The van der Waals surface area contributed by atoms with E-state index in [0.717, 1.165) is 13.1 Å². The minimum Gasteiger partial charge on any atom is -0.491 e. The topological polar surface area (TPSA) is 88.2 Å². The fourth-order valence-electron chi connectivity index (χ4n) is 5.30. The molecule has 1 N–H and O–H groups in total. The lowest BCUT2D eigenvalue weighted by Gasteiger charge is -2.38. The fraction of sp³-hybridized carbons (Fsp3) is 0.731. The van der Waals surface area contributed by atoms with Crippen LogP contribution in [0.2, 0.25) is 0 Å². The monoisotopic (exact) mass is 563 g/mol. The van der Waals surface area contributed by atoms with E-state index in [-0.39, 0.29) is 41.6 Å². The van der Waals surface area contributed by atoms with E-state index in [1.54, 1.807) is 14.2 Å². The van der Waals surface area contributed by atoms with Gasteiger partial charge < -0.3 is 14.4 Å². The number of methoxy groups -OCH3 is 1. The van der Waals surface area contributed by atoms with Gasteiger partial charge in [-0.05, 0) is 49.8 Å². The molecule has 0 radical (unpaired) electrons. The number of carbonyl (C=O) groups is 1. The summed E-state index contributed by atoms with van der Waals surface area (Å²) in [5.74, 6) is -1.49. The molecule has 2 aliphatic rings. The van der Waals surface area contributed by atoms with Gasteiger partial charge in [0.1, 0.15) is 12.4 Å². The van der Waals surface area contributed by atoms with Crippen molar-refractivity contribution in [3.8, 4) is 5.75 Å². The molecule has 1 fully saturated rings. The first-order valence-electron chi connectivity index (χ1n) is 13.1. The van der Waals surface area contributed by atoms with Gasteiger partial charge in [0.2, 0.25) is 10.0 Å². The average Bonchev–Trinajstić information content (AvgIpc) is 2.83. The van der Waals surface area contributed by atoms with Gasteiger partial charge in [-0.25, -0.2) is 8.42 Å². The first-order valence-corrected chi connectivity index (χ1v) is 14.8. The lowest BCUT2D eigenvalue weighted by molar-refractivity contribution is -0.106. The summed E-state index contributed by atoms with van der Waals surface area (Å²) in [7, 11) is -1.48. The number of ether oxygens (including phenoxy) is 2. The molecule has 1 aromatic carbocycles. The Morgan fingerprint density at radius 2 is 1.82 bits per heavy atom. The molecule has 3 atom stereocenters. The largest absolute Gasteiger partial charge is 0.491 e. The van der Waals surface area contributed by atoms with Crippen molar-refractivity contribution >= 4 is 21.6 Å². The quantitative estimate of drug-likeness (QED) is 0.553. The summed E-state index contributed by atoms with van der Waals surface area (Å²) in [4.78, 5) is 17.3. The molecule has 0 saturated heterocycles. The molecule has 12 heteroatoms. The highest BCUT2D eigenvalue weighted by molar-refractivity contribution is 7.92. The second kappa shape index (κ2) is 12.9. The van der Waals surface area contributed by atoms with Crippen molar-refractivity contribution in [2.75, 3.05) is 50.9 Å². The lowest BCUT2D eigenvalue weighted by atomic mass is 9.88. The molecule has 0 aromatic heterocycles.